The number of esters is 1. The number of carbonyl (C=O) groups excluding carboxylic acids is 2. The van der Waals surface area contributed by atoms with Gasteiger partial charge < -0.3 is 25.0 Å². The molecule has 14 heteroatoms. The number of rotatable bonds is 3. The molecule has 36 heavy (non-hydrogen) atoms. The summed E-state index contributed by atoms with van der Waals surface area (Å²) < 4.78 is 87.7. The fourth-order valence-corrected chi connectivity index (χ4v) is 2.96. The van der Waals surface area contributed by atoms with Crippen LogP contribution in [0.25, 0.3) is 0 Å². The van der Waals surface area contributed by atoms with Gasteiger partial charge in [0.1, 0.15) is 12.1 Å². The highest BCUT2D eigenvalue weighted by Crippen LogP contribution is 2.28. The average molecular weight is 539 g/mol. The van der Waals surface area contributed by atoms with Gasteiger partial charge in [-0.25, -0.2) is 14.5 Å². The van der Waals surface area contributed by atoms with E-state index in [1.165, 1.54) is 0 Å². The quantitative estimate of drug-likeness (QED) is 0.420. The van der Waals surface area contributed by atoms with Gasteiger partial charge in [0.25, 0.3) is 6.23 Å². The van der Waals surface area contributed by atoms with Crippen LogP contribution in [0.4, 0.5) is 31.1 Å². The van der Waals surface area contributed by atoms with Crippen molar-refractivity contribution in [2.24, 2.45) is 11.8 Å². The maximum absolute atomic E-state index is 13.3. The Morgan fingerprint density at radius 1 is 0.889 bits per heavy atom. The lowest BCUT2D eigenvalue weighted by molar-refractivity contribution is -0.216. The first-order valence-electron chi connectivity index (χ1n) is 11.8. The molecule has 214 valence electrons. The molecule has 2 saturated heterocycles. The summed E-state index contributed by atoms with van der Waals surface area (Å²) in [7, 11) is 0.901. The minimum absolute atomic E-state index is 0.0847. The van der Waals surface area contributed by atoms with E-state index in [0.29, 0.717) is 9.80 Å². The summed E-state index contributed by atoms with van der Waals surface area (Å²) in [5.74, 6) is 0.409. The molecule has 0 bridgehead atoms. The number of piperazine rings is 2. The average Bonchev–Trinajstić information content (AvgIpc) is 2.75. The Balaban J connectivity index is 0.00000133. The second-order valence-corrected chi connectivity index (χ2v) is 9.72. The summed E-state index contributed by atoms with van der Waals surface area (Å²) in [4.78, 5) is 25.6. The maximum Gasteiger partial charge on any atom is 0.411 e. The highest BCUT2D eigenvalue weighted by Gasteiger charge is 2.50. The van der Waals surface area contributed by atoms with Gasteiger partial charge in [0.15, 0.2) is 0 Å². The summed E-state index contributed by atoms with van der Waals surface area (Å²) in [5, 5.41) is 4.71. The molecule has 1 amide bonds. The standard InChI is InChI=1S/C14H20F6N4O4.2C4H10/c1-27-11(25)10(24-5-2-21-6-9(24)14(18,19)20)28-12(26)23-4-3-22-8(7-23)13(15,16)17;2*1-4(2)3/h8-10,21-22H,2-7H2,1H3;2*4H,1-3H3/t8-,9+,10-;;/m0../s1. The minimum Gasteiger partial charge on any atom is -0.465 e. The van der Waals surface area contributed by atoms with Gasteiger partial charge in [-0.2, -0.15) is 26.3 Å². The molecule has 0 aromatic heterocycles. The number of amides is 1. The summed E-state index contributed by atoms with van der Waals surface area (Å²) in [6, 6.07) is -4.14. The number of ether oxygens (including phenoxy) is 2. The predicted molar refractivity (Wildman–Crippen MR) is 122 cm³/mol. The van der Waals surface area contributed by atoms with Crippen LogP contribution in [-0.4, -0.2) is 98.9 Å². The monoisotopic (exact) mass is 538 g/mol. The third kappa shape index (κ3) is 12.9. The van der Waals surface area contributed by atoms with Crippen molar-refractivity contribution in [1.82, 2.24) is 20.4 Å². The van der Waals surface area contributed by atoms with Crippen molar-refractivity contribution in [2.45, 2.75) is 72.2 Å². The van der Waals surface area contributed by atoms with Crippen LogP contribution in [0.15, 0.2) is 0 Å². The third-order valence-electron chi connectivity index (χ3n) is 4.41. The van der Waals surface area contributed by atoms with E-state index < -0.39 is 55.8 Å². The molecule has 2 N–H and O–H groups in total. The van der Waals surface area contributed by atoms with Crippen LogP contribution in [0.5, 0.6) is 0 Å². The Morgan fingerprint density at radius 3 is 1.86 bits per heavy atom. The van der Waals surface area contributed by atoms with Gasteiger partial charge in [0.05, 0.1) is 7.11 Å². The van der Waals surface area contributed by atoms with Crippen LogP contribution in [0.3, 0.4) is 0 Å². The maximum atomic E-state index is 13.3. The lowest BCUT2D eigenvalue weighted by atomic mass is 10.1. The zero-order valence-corrected chi connectivity index (χ0v) is 21.9. The highest BCUT2D eigenvalue weighted by atomic mass is 19.4. The summed E-state index contributed by atoms with van der Waals surface area (Å²) in [5.41, 5.74) is 0. The van der Waals surface area contributed by atoms with Crippen LogP contribution in [0.2, 0.25) is 0 Å². The predicted octanol–water partition coefficient (Wildman–Crippen LogP) is 3.62. The van der Waals surface area contributed by atoms with Gasteiger partial charge in [-0.05, 0) is 11.8 Å². The molecular formula is C22H40F6N4O4. The Morgan fingerprint density at radius 2 is 1.42 bits per heavy atom. The lowest BCUT2D eigenvalue weighted by Gasteiger charge is -2.41. The van der Waals surface area contributed by atoms with E-state index in [-0.39, 0.29) is 26.2 Å². The lowest BCUT2D eigenvalue weighted by Crippen LogP contribution is -2.64. The second-order valence-electron chi connectivity index (χ2n) is 9.72. The van der Waals surface area contributed by atoms with Gasteiger partial charge in [-0.1, -0.05) is 41.5 Å². The molecule has 2 aliphatic heterocycles. The van der Waals surface area contributed by atoms with Crippen molar-refractivity contribution < 1.29 is 45.4 Å². The zero-order valence-electron chi connectivity index (χ0n) is 21.9. The second kappa shape index (κ2) is 15.5. The molecular weight excluding hydrogens is 498 g/mol. The normalized spacial score (nSPS) is 22.1. The molecule has 0 spiro atoms. The fraction of sp³-hybridized carbons (Fsp3) is 0.909. The van der Waals surface area contributed by atoms with Gasteiger partial charge >= 0.3 is 24.4 Å². The number of hydrogen-bond donors (Lipinski definition) is 2. The zero-order chi connectivity index (χ0) is 28.3. The first-order valence-corrected chi connectivity index (χ1v) is 11.8. The third-order valence-corrected chi connectivity index (χ3v) is 4.41. The molecule has 8 nitrogen and oxygen atoms in total. The summed E-state index contributed by atoms with van der Waals surface area (Å²) in [6.07, 6.45) is -12.7. The summed E-state index contributed by atoms with van der Waals surface area (Å²) >= 11 is 0. The van der Waals surface area contributed by atoms with E-state index in [1.54, 1.807) is 0 Å². The molecule has 2 heterocycles. The molecule has 2 fully saturated rings. The minimum atomic E-state index is -4.73. The van der Waals surface area contributed by atoms with Crippen LogP contribution in [0, 0.1) is 11.8 Å². The van der Waals surface area contributed by atoms with Crippen molar-refractivity contribution in [3.05, 3.63) is 0 Å². The van der Waals surface area contributed by atoms with Crippen molar-refractivity contribution in [2.75, 3.05) is 46.4 Å². The molecule has 0 aromatic carbocycles. The number of methoxy groups -OCH3 is 1. The van der Waals surface area contributed by atoms with E-state index in [9.17, 15) is 35.9 Å². The summed E-state index contributed by atoms with van der Waals surface area (Å²) in [6.45, 7) is 11.1. The SMILES string of the molecule is CC(C)C.CC(C)C.COC(=O)[C@H](OC(=O)N1CCN[C@H](C(F)(F)F)C1)N1CCNC[C@@H]1C(F)(F)F. The van der Waals surface area contributed by atoms with Crippen molar-refractivity contribution >= 4 is 12.1 Å². The van der Waals surface area contributed by atoms with Crippen molar-refractivity contribution in [3.8, 4) is 0 Å². The fourth-order valence-electron chi connectivity index (χ4n) is 2.96. The van der Waals surface area contributed by atoms with E-state index in [1.807, 2.05) is 0 Å². The topological polar surface area (TPSA) is 83.1 Å². The number of alkyl halides is 6. The Hall–Kier alpha value is -1.80. The molecule has 0 saturated carbocycles. The molecule has 0 aromatic rings. The van der Waals surface area contributed by atoms with E-state index in [4.69, 9.17) is 4.74 Å². The molecule has 0 unspecified atom stereocenters. The van der Waals surface area contributed by atoms with Crippen LogP contribution < -0.4 is 10.6 Å². The number of nitrogens with zero attached hydrogens (tertiary/aromatic N) is 2. The number of hydrogen-bond acceptors (Lipinski definition) is 7. The van der Waals surface area contributed by atoms with Crippen LogP contribution >= 0.6 is 0 Å². The Bertz CT molecular complexity index is 650. The first kappa shape index (κ1) is 34.2. The Kier molecular flexibility index (Phi) is 14.7. The van der Waals surface area contributed by atoms with Gasteiger partial charge in [-0.3, -0.25) is 0 Å². The molecule has 3 atom stereocenters. The molecule has 0 radical (unpaired) electrons. The van der Waals surface area contributed by atoms with Crippen molar-refractivity contribution in [1.29, 1.82) is 0 Å². The van der Waals surface area contributed by atoms with Gasteiger partial charge in [-0.15, -0.1) is 0 Å². The molecule has 2 rings (SSSR count). The Labute approximate surface area is 209 Å². The smallest absolute Gasteiger partial charge is 0.411 e. The molecule has 0 aliphatic carbocycles. The van der Waals surface area contributed by atoms with Crippen LogP contribution in [-0.2, 0) is 14.3 Å². The number of halogens is 6. The van der Waals surface area contributed by atoms with Crippen LogP contribution in [0.1, 0.15) is 41.5 Å². The first-order chi connectivity index (χ1) is 16.4. The van der Waals surface area contributed by atoms with Gasteiger partial charge in [0.2, 0.25) is 0 Å². The van der Waals surface area contributed by atoms with E-state index in [0.717, 1.165) is 18.9 Å². The van der Waals surface area contributed by atoms with E-state index >= 15 is 0 Å². The van der Waals surface area contributed by atoms with E-state index in [2.05, 4.69) is 56.9 Å². The number of nitrogens with one attached hydrogen (secondary N) is 2. The highest BCUT2D eigenvalue weighted by molar-refractivity contribution is 5.78. The molecule has 2 aliphatic rings. The van der Waals surface area contributed by atoms with Crippen molar-refractivity contribution in [3.63, 3.8) is 0 Å². The largest absolute Gasteiger partial charge is 0.465 e. The number of carbonyl (C=O) groups is 2. The van der Waals surface area contributed by atoms with Gasteiger partial charge in [0, 0.05) is 39.3 Å².